The zero-order chi connectivity index (χ0) is 26.9. The van der Waals surface area contributed by atoms with E-state index in [1.807, 2.05) is 56.6 Å². The lowest BCUT2D eigenvalue weighted by Gasteiger charge is -2.28. The molecule has 2 amide bonds. The summed E-state index contributed by atoms with van der Waals surface area (Å²) in [5, 5.41) is 7.24. The van der Waals surface area contributed by atoms with E-state index in [0.717, 1.165) is 33.0 Å². The highest BCUT2D eigenvalue weighted by molar-refractivity contribution is 7.13. The third kappa shape index (κ3) is 5.85. The minimum Gasteiger partial charge on any atom is -0.360 e. The number of aromatic nitrogens is 2. The fourth-order valence-electron chi connectivity index (χ4n) is 4.63. The summed E-state index contributed by atoms with van der Waals surface area (Å²) in [7, 11) is 0. The van der Waals surface area contributed by atoms with Gasteiger partial charge < -0.3 is 14.7 Å². The maximum absolute atomic E-state index is 13.8. The van der Waals surface area contributed by atoms with Gasteiger partial charge in [0.25, 0.3) is 0 Å². The molecule has 1 N–H and O–H groups in total. The van der Waals surface area contributed by atoms with Gasteiger partial charge in [-0.05, 0) is 30.4 Å². The Morgan fingerprint density at radius 2 is 1.95 bits per heavy atom. The Bertz CT molecular complexity index is 1280. The van der Waals surface area contributed by atoms with Crippen LogP contribution in [0.15, 0.2) is 52.5 Å². The zero-order valence-corrected chi connectivity index (χ0v) is 23.3. The summed E-state index contributed by atoms with van der Waals surface area (Å²) in [6.45, 7) is 17.0. The third-order valence-corrected chi connectivity index (χ3v) is 7.78. The number of benzene rings is 1. The molecule has 0 radical (unpaired) electrons. The molecule has 3 aromatic rings. The van der Waals surface area contributed by atoms with Crippen molar-refractivity contribution in [3.63, 3.8) is 0 Å². The largest absolute Gasteiger partial charge is 0.360 e. The third-order valence-electron chi connectivity index (χ3n) is 6.80. The summed E-state index contributed by atoms with van der Waals surface area (Å²) in [4.78, 5) is 34.1. The number of aryl methyl sites for hydroxylation is 1. The fourth-order valence-corrected chi connectivity index (χ4v) is 5.44. The van der Waals surface area contributed by atoms with Gasteiger partial charge in [0.15, 0.2) is 0 Å². The standard InChI is InChI=1S/C29H36N4O3S/c1-17(2)25(23-13-24(32-36-23)29(5,6)7)28(35)33-15-18(3)12-22(33)27(34)30-14-20-8-10-21(11-9-20)26-19(4)31-16-37-26/h8-11,13,16-17,22,25H,3,12,14-15H2,1-2,4-7H3,(H,30,34). The molecule has 2 atom stereocenters. The highest BCUT2D eigenvalue weighted by Gasteiger charge is 2.41. The number of rotatable bonds is 7. The summed E-state index contributed by atoms with van der Waals surface area (Å²) in [6, 6.07) is 9.40. The highest BCUT2D eigenvalue weighted by Crippen LogP contribution is 2.34. The zero-order valence-electron chi connectivity index (χ0n) is 22.5. The summed E-state index contributed by atoms with van der Waals surface area (Å²) in [5.41, 5.74) is 6.44. The van der Waals surface area contributed by atoms with E-state index in [4.69, 9.17) is 4.52 Å². The number of carbonyl (C=O) groups excluding carboxylic acids is 2. The number of carbonyl (C=O) groups is 2. The number of thiazole rings is 1. The second-order valence-electron chi connectivity index (χ2n) is 11.2. The number of hydrogen-bond acceptors (Lipinski definition) is 6. The first-order chi connectivity index (χ1) is 17.5. The summed E-state index contributed by atoms with van der Waals surface area (Å²) >= 11 is 1.61. The van der Waals surface area contributed by atoms with Crippen molar-refractivity contribution in [2.45, 2.75) is 71.9 Å². The average molecular weight is 521 g/mol. The number of hydrogen-bond donors (Lipinski definition) is 1. The second kappa shape index (κ2) is 10.6. The molecule has 1 aliphatic rings. The fraction of sp³-hybridized carbons (Fsp3) is 0.448. The van der Waals surface area contributed by atoms with Gasteiger partial charge in [0.2, 0.25) is 11.8 Å². The van der Waals surface area contributed by atoms with Crippen LogP contribution in [0, 0.1) is 12.8 Å². The van der Waals surface area contributed by atoms with Crippen LogP contribution in [0.2, 0.25) is 0 Å². The number of nitrogens with zero attached hydrogens (tertiary/aromatic N) is 3. The minimum atomic E-state index is -0.592. The molecule has 2 unspecified atom stereocenters. The summed E-state index contributed by atoms with van der Waals surface area (Å²) < 4.78 is 5.64. The smallest absolute Gasteiger partial charge is 0.243 e. The van der Waals surface area contributed by atoms with E-state index >= 15 is 0 Å². The molecule has 1 aliphatic heterocycles. The normalized spacial score (nSPS) is 16.9. The van der Waals surface area contributed by atoms with Gasteiger partial charge >= 0.3 is 0 Å². The van der Waals surface area contributed by atoms with Crippen molar-refractivity contribution in [2.24, 2.45) is 5.92 Å². The van der Waals surface area contributed by atoms with Crippen LogP contribution in [-0.2, 0) is 21.5 Å². The monoisotopic (exact) mass is 520 g/mol. The lowest BCUT2D eigenvalue weighted by atomic mass is 9.88. The molecule has 1 saturated heterocycles. The molecule has 1 aromatic carbocycles. The van der Waals surface area contributed by atoms with Gasteiger partial charge in [-0.2, -0.15) is 0 Å². The molecule has 0 spiro atoms. The van der Waals surface area contributed by atoms with E-state index in [0.29, 0.717) is 25.3 Å². The molecule has 0 saturated carbocycles. The van der Waals surface area contributed by atoms with Gasteiger partial charge in [0.1, 0.15) is 17.7 Å². The molecule has 1 fully saturated rings. The molecular formula is C29H36N4O3S. The maximum atomic E-state index is 13.8. The molecule has 7 nitrogen and oxygen atoms in total. The van der Waals surface area contributed by atoms with Crippen LogP contribution in [0.3, 0.4) is 0 Å². The van der Waals surface area contributed by atoms with Gasteiger partial charge in [0, 0.05) is 24.6 Å². The molecule has 196 valence electrons. The molecule has 4 rings (SSSR count). The van der Waals surface area contributed by atoms with Crippen LogP contribution < -0.4 is 5.32 Å². The van der Waals surface area contributed by atoms with E-state index in [1.54, 1.807) is 16.2 Å². The quantitative estimate of drug-likeness (QED) is 0.409. The SMILES string of the molecule is C=C1CC(C(=O)NCc2ccc(-c3scnc3C)cc2)N(C(=O)C(c2cc(C(C)(C)C)no2)C(C)C)C1. The van der Waals surface area contributed by atoms with Gasteiger partial charge in [-0.15, -0.1) is 11.3 Å². The predicted molar refractivity (Wildman–Crippen MR) is 146 cm³/mol. The Hall–Kier alpha value is -3.26. The first-order valence-electron chi connectivity index (χ1n) is 12.7. The summed E-state index contributed by atoms with van der Waals surface area (Å²) in [5.74, 6) is -0.309. The minimum absolute atomic E-state index is 0.0217. The molecule has 0 bridgehead atoms. The molecule has 3 heterocycles. The van der Waals surface area contributed by atoms with Crippen LogP contribution in [0.5, 0.6) is 0 Å². The van der Waals surface area contributed by atoms with Gasteiger partial charge in [-0.1, -0.05) is 76.2 Å². The molecule has 37 heavy (non-hydrogen) atoms. The van der Waals surface area contributed by atoms with E-state index < -0.39 is 12.0 Å². The van der Waals surface area contributed by atoms with Crippen molar-refractivity contribution in [2.75, 3.05) is 6.54 Å². The van der Waals surface area contributed by atoms with Crippen LogP contribution in [0.1, 0.15) is 69.7 Å². The van der Waals surface area contributed by atoms with Crippen molar-refractivity contribution >= 4 is 23.2 Å². The second-order valence-corrected chi connectivity index (χ2v) is 12.1. The molecule has 8 heteroatoms. The highest BCUT2D eigenvalue weighted by atomic mass is 32.1. The molecular weight excluding hydrogens is 484 g/mol. The number of amides is 2. The molecule has 2 aromatic heterocycles. The Labute approximate surface area is 223 Å². The summed E-state index contributed by atoms with van der Waals surface area (Å²) in [6.07, 6.45) is 0.454. The first kappa shape index (κ1) is 26.8. The van der Waals surface area contributed by atoms with Crippen LogP contribution in [0.25, 0.3) is 10.4 Å². The Kier molecular flexibility index (Phi) is 7.69. The van der Waals surface area contributed by atoms with Crippen LogP contribution in [-0.4, -0.2) is 39.4 Å². The van der Waals surface area contributed by atoms with Crippen LogP contribution in [0.4, 0.5) is 0 Å². The van der Waals surface area contributed by atoms with Crippen molar-refractivity contribution in [3.8, 4) is 10.4 Å². The topological polar surface area (TPSA) is 88.3 Å². The van der Waals surface area contributed by atoms with Crippen molar-refractivity contribution in [1.82, 2.24) is 20.4 Å². The van der Waals surface area contributed by atoms with Crippen molar-refractivity contribution < 1.29 is 14.1 Å². The van der Waals surface area contributed by atoms with E-state index in [1.165, 1.54) is 0 Å². The number of nitrogens with one attached hydrogen (secondary N) is 1. The Morgan fingerprint density at radius 3 is 2.51 bits per heavy atom. The molecule has 0 aliphatic carbocycles. The van der Waals surface area contributed by atoms with E-state index in [-0.39, 0.29) is 23.1 Å². The lowest BCUT2D eigenvalue weighted by Crippen LogP contribution is -2.47. The van der Waals surface area contributed by atoms with Crippen molar-refractivity contribution in [1.29, 1.82) is 0 Å². The maximum Gasteiger partial charge on any atom is 0.243 e. The van der Waals surface area contributed by atoms with E-state index in [2.05, 4.69) is 42.8 Å². The van der Waals surface area contributed by atoms with Gasteiger partial charge in [-0.25, -0.2) is 4.98 Å². The van der Waals surface area contributed by atoms with Gasteiger partial charge in [-0.3, -0.25) is 9.59 Å². The van der Waals surface area contributed by atoms with Crippen LogP contribution >= 0.6 is 11.3 Å². The Balaban J connectivity index is 1.45. The first-order valence-corrected chi connectivity index (χ1v) is 13.5. The Morgan fingerprint density at radius 1 is 1.24 bits per heavy atom. The van der Waals surface area contributed by atoms with E-state index in [9.17, 15) is 9.59 Å². The van der Waals surface area contributed by atoms with Gasteiger partial charge in [0.05, 0.1) is 21.8 Å². The lowest BCUT2D eigenvalue weighted by molar-refractivity contribution is -0.140. The number of likely N-dealkylation sites (tertiary alicyclic amines) is 1. The van der Waals surface area contributed by atoms with Crippen molar-refractivity contribution in [3.05, 3.63) is 70.7 Å². The average Bonchev–Trinajstić information content (AvgIpc) is 3.57. The predicted octanol–water partition coefficient (Wildman–Crippen LogP) is 5.62.